The van der Waals surface area contributed by atoms with Gasteiger partial charge in [-0.1, -0.05) is 257 Å². The van der Waals surface area contributed by atoms with Crippen LogP contribution in [0.15, 0.2) is 194 Å². The Balaban J connectivity index is 1.23. The van der Waals surface area contributed by atoms with Crippen LogP contribution in [0, 0.1) is 10.8 Å². The highest BCUT2D eigenvalue weighted by molar-refractivity contribution is 7.00. The third-order valence-corrected chi connectivity index (χ3v) is 21.8. The van der Waals surface area contributed by atoms with E-state index in [1.807, 2.05) is 0 Å². The normalized spacial score (nSPS) is 19.4. The fourth-order valence-corrected chi connectivity index (χ4v) is 15.8. The Bertz CT molecular complexity index is 4140. The van der Waals surface area contributed by atoms with Crippen LogP contribution in [0.25, 0.3) is 33.4 Å². The molecule has 0 N–H and O–H groups in total. The van der Waals surface area contributed by atoms with Crippen LogP contribution in [0.1, 0.15) is 165 Å². The number of fused-ring (bicyclic) bond motifs is 7. The van der Waals surface area contributed by atoms with Crippen molar-refractivity contribution < 1.29 is 0 Å². The molecule has 3 nitrogen and oxygen atoms in total. The maximum absolute atomic E-state index is 2.88. The fraction of sp³-hybridized carbons (Fsp3) is 0.341. The van der Waals surface area contributed by atoms with Gasteiger partial charge in [0.15, 0.2) is 0 Å². The van der Waals surface area contributed by atoms with Crippen LogP contribution in [0.4, 0.5) is 45.5 Å². The molecule has 9 aromatic carbocycles. The van der Waals surface area contributed by atoms with Crippen LogP contribution in [-0.2, 0) is 27.1 Å². The molecule has 0 radical (unpaired) electrons. The van der Waals surface area contributed by atoms with E-state index in [-0.39, 0.29) is 50.2 Å². The SMILES string of the molecule is CC(C)(C)c1ccc2c(c1)B1c3ccc(-c4ccccc4)cc3N(c3ccc(C(C)(C)C)cc3-c3ccccc3)c3cc(N4c5ccc(C(C)(C)C)cc5C5(C)C(C)(C)CCC(C)(C)C45C)cc(c31)N2c1ccc(C(C)(C)C)cc1-c1ccccc1. The van der Waals surface area contributed by atoms with Crippen LogP contribution >= 0.6 is 0 Å². The summed E-state index contributed by atoms with van der Waals surface area (Å²) in [5.41, 5.74) is 26.7. The molecule has 2 atom stereocenters. The van der Waals surface area contributed by atoms with Gasteiger partial charge in [0, 0.05) is 50.7 Å². The van der Waals surface area contributed by atoms with Gasteiger partial charge in [-0.15, -0.1) is 0 Å². The molecule has 0 saturated heterocycles. The highest BCUT2D eigenvalue weighted by Gasteiger charge is 2.70. The number of benzene rings is 9. The lowest BCUT2D eigenvalue weighted by Gasteiger charge is -2.65. The molecule has 3 heterocycles. The Kier molecular flexibility index (Phi) is 13.0. The molecule has 9 aromatic rings. The molecule has 0 spiro atoms. The van der Waals surface area contributed by atoms with Crippen molar-refractivity contribution in [1.82, 2.24) is 0 Å². The fourth-order valence-electron chi connectivity index (χ4n) is 15.8. The van der Waals surface area contributed by atoms with E-state index in [0.29, 0.717) is 0 Å². The van der Waals surface area contributed by atoms with Crippen molar-refractivity contribution in [2.75, 3.05) is 14.7 Å². The molecule has 4 heteroatoms. The quantitative estimate of drug-likeness (QED) is 0.154. The summed E-state index contributed by atoms with van der Waals surface area (Å²) in [5, 5.41) is 0. The molecule has 1 saturated carbocycles. The Morgan fingerprint density at radius 3 is 1.24 bits per heavy atom. The number of rotatable bonds is 6. The second-order valence-corrected chi connectivity index (χ2v) is 31.6. The van der Waals surface area contributed by atoms with Crippen molar-refractivity contribution in [3.63, 3.8) is 0 Å². The summed E-state index contributed by atoms with van der Waals surface area (Å²) >= 11 is 0. The first-order valence-electron chi connectivity index (χ1n) is 31.9. The second kappa shape index (κ2) is 19.5. The van der Waals surface area contributed by atoms with Crippen LogP contribution < -0.4 is 31.1 Å². The van der Waals surface area contributed by atoms with Crippen molar-refractivity contribution >= 4 is 68.6 Å². The minimum Gasteiger partial charge on any atom is -0.334 e. The third kappa shape index (κ3) is 8.72. The van der Waals surface area contributed by atoms with Gasteiger partial charge in [0.05, 0.1) is 16.9 Å². The molecule has 436 valence electrons. The predicted octanol–water partition coefficient (Wildman–Crippen LogP) is 21.0. The Hall–Kier alpha value is -7.56. The molecule has 1 fully saturated rings. The van der Waals surface area contributed by atoms with Gasteiger partial charge in [-0.05, 0) is 173 Å². The second-order valence-electron chi connectivity index (χ2n) is 31.6. The summed E-state index contributed by atoms with van der Waals surface area (Å²) in [4.78, 5) is 8.30. The molecular formula is C82H90BN3. The summed E-state index contributed by atoms with van der Waals surface area (Å²) in [6.07, 6.45) is 2.26. The van der Waals surface area contributed by atoms with E-state index in [1.165, 1.54) is 123 Å². The summed E-state index contributed by atoms with van der Waals surface area (Å²) in [5.74, 6) is 0. The van der Waals surface area contributed by atoms with Gasteiger partial charge in [-0.3, -0.25) is 0 Å². The van der Waals surface area contributed by atoms with Crippen molar-refractivity contribution in [3.8, 4) is 33.4 Å². The van der Waals surface area contributed by atoms with Crippen LogP contribution in [0.3, 0.4) is 0 Å². The lowest BCUT2D eigenvalue weighted by molar-refractivity contribution is -0.0415. The topological polar surface area (TPSA) is 9.72 Å². The minimum absolute atomic E-state index is 0.0280. The van der Waals surface area contributed by atoms with Crippen molar-refractivity contribution in [3.05, 3.63) is 222 Å². The van der Waals surface area contributed by atoms with E-state index in [0.717, 1.165) is 12.8 Å². The zero-order chi connectivity index (χ0) is 61.1. The molecule has 4 aliphatic rings. The zero-order valence-electron chi connectivity index (χ0n) is 54.8. The van der Waals surface area contributed by atoms with Crippen LogP contribution in [-0.4, -0.2) is 12.3 Å². The van der Waals surface area contributed by atoms with Gasteiger partial charge in [-0.25, -0.2) is 0 Å². The Morgan fingerprint density at radius 2 is 0.756 bits per heavy atom. The summed E-state index contributed by atoms with van der Waals surface area (Å²) < 4.78 is 0. The highest BCUT2D eigenvalue weighted by atomic mass is 15.3. The standard InChI is InChI=1S/C82H90BN3/c1-75(2,3)57-35-40-67(62(47-57)54-30-24-20-25-31-54)84-70-43-38-60(78(10,11)12)50-66(70)83-65-39-34-56(53-28-22-19-23-29-53)46-71(65)85(68-41-36-58(76(4,5)6)48-63(68)55-32-26-21-27-33-55)73-52-61(51-72(84)74(73)83)86-69-42-37-59(77(7,8)9)49-64(69)81(17)79(13,14)44-45-80(15,16)82(81,86)18/h19-43,46-52H,44-45H2,1-18H3. The Labute approximate surface area is 516 Å². The van der Waals surface area contributed by atoms with Gasteiger partial charge in [0.25, 0.3) is 6.71 Å². The average Bonchev–Trinajstić information content (AvgIpc) is 1.43. The van der Waals surface area contributed by atoms with E-state index in [2.05, 4.69) is 333 Å². The third-order valence-electron chi connectivity index (χ3n) is 21.8. The van der Waals surface area contributed by atoms with E-state index < -0.39 is 0 Å². The van der Waals surface area contributed by atoms with Gasteiger partial charge in [-0.2, -0.15) is 0 Å². The molecular weight excluding hydrogens is 1040 g/mol. The number of anilines is 8. The first-order chi connectivity index (χ1) is 40.4. The van der Waals surface area contributed by atoms with Gasteiger partial charge < -0.3 is 14.7 Å². The first kappa shape index (κ1) is 57.5. The largest absolute Gasteiger partial charge is 0.334 e. The van der Waals surface area contributed by atoms with Crippen molar-refractivity contribution in [2.24, 2.45) is 10.8 Å². The molecule has 86 heavy (non-hydrogen) atoms. The number of nitrogens with zero attached hydrogens (tertiary/aromatic N) is 3. The molecule has 3 aliphatic heterocycles. The monoisotopic (exact) mass is 1130 g/mol. The highest BCUT2D eigenvalue weighted by Crippen LogP contribution is 2.72. The summed E-state index contributed by atoms with van der Waals surface area (Å²) in [6.45, 7) is 43.8. The number of hydrogen-bond acceptors (Lipinski definition) is 3. The van der Waals surface area contributed by atoms with E-state index in [4.69, 9.17) is 0 Å². The molecule has 0 amide bonds. The smallest absolute Gasteiger partial charge is 0.252 e. The maximum atomic E-state index is 2.88. The van der Waals surface area contributed by atoms with Crippen LogP contribution in [0.5, 0.6) is 0 Å². The molecule has 13 rings (SSSR count). The average molecular weight is 1130 g/mol. The van der Waals surface area contributed by atoms with Crippen LogP contribution in [0.2, 0.25) is 0 Å². The minimum atomic E-state index is -0.370. The molecule has 1 aliphatic carbocycles. The van der Waals surface area contributed by atoms with Gasteiger partial charge >= 0.3 is 0 Å². The number of hydrogen-bond donors (Lipinski definition) is 0. The molecule has 0 bridgehead atoms. The van der Waals surface area contributed by atoms with Crippen molar-refractivity contribution in [2.45, 2.75) is 170 Å². The predicted molar refractivity (Wildman–Crippen MR) is 373 cm³/mol. The molecule has 2 unspecified atom stereocenters. The summed E-state index contributed by atoms with van der Waals surface area (Å²) in [6, 6.07) is 75.9. The maximum Gasteiger partial charge on any atom is 0.252 e. The van der Waals surface area contributed by atoms with E-state index >= 15 is 0 Å². The van der Waals surface area contributed by atoms with Gasteiger partial charge in [0.1, 0.15) is 0 Å². The van der Waals surface area contributed by atoms with Gasteiger partial charge in [0.2, 0.25) is 0 Å². The lowest BCUT2D eigenvalue weighted by atomic mass is 9.33. The lowest BCUT2D eigenvalue weighted by Crippen LogP contribution is -2.69. The Morgan fingerprint density at radius 1 is 0.337 bits per heavy atom. The first-order valence-corrected chi connectivity index (χ1v) is 31.9. The van der Waals surface area contributed by atoms with E-state index in [1.54, 1.807) is 0 Å². The van der Waals surface area contributed by atoms with Crippen molar-refractivity contribution in [1.29, 1.82) is 0 Å². The summed E-state index contributed by atoms with van der Waals surface area (Å²) in [7, 11) is 0. The zero-order valence-corrected chi connectivity index (χ0v) is 54.8. The molecule has 0 aromatic heterocycles. The van der Waals surface area contributed by atoms with E-state index in [9.17, 15) is 0 Å².